The molecule has 1 amide bonds. The maximum Gasteiger partial charge on any atom is 0.410 e. The Labute approximate surface area is 183 Å². The van der Waals surface area contributed by atoms with E-state index in [4.69, 9.17) is 4.74 Å². The quantitative estimate of drug-likeness (QED) is 0.742. The molecule has 6 nitrogen and oxygen atoms in total. The van der Waals surface area contributed by atoms with Crippen molar-refractivity contribution in [3.63, 3.8) is 0 Å². The molecule has 164 valence electrons. The van der Waals surface area contributed by atoms with Crippen molar-refractivity contribution in [3.8, 4) is 11.3 Å². The number of carbonyl (C=O) groups excluding carboxylic acids is 1. The average molecular weight is 422 g/mol. The highest BCUT2D eigenvalue weighted by molar-refractivity contribution is 5.70. The fraction of sp³-hybridized carbons (Fsp3) is 0.600. The summed E-state index contributed by atoms with van der Waals surface area (Å²) in [6.45, 7) is 5.76. The number of ether oxygens (including phenoxy) is 1. The van der Waals surface area contributed by atoms with E-state index in [1.54, 1.807) is 0 Å². The topological polar surface area (TPSA) is 67.6 Å². The maximum atomic E-state index is 12.8. The third-order valence-corrected chi connectivity index (χ3v) is 8.11. The van der Waals surface area contributed by atoms with E-state index >= 15 is 0 Å². The zero-order valence-electron chi connectivity index (χ0n) is 18.5. The van der Waals surface area contributed by atoms with E-state index in [0.29, 0.717) is 0 Å². The Kier molecular flexibility index (Phi) is 3.96. The van der Waals surface area contributed by atoms with Gasteiger partial charge in [0.2, 0.25) is 0 Å². The van der Waals surface area contributed by atoms with E-state index in [2.05, 4.69) is 33.8 Å². The van der Waals surface area contributed by atoms with Gasteiger partial charge < -0.3 is 19.3 Å². The fourth-order valence-electron chi connectivity index (χ4n) is 6.99. The van der Waals surface area contributed by atoms with Crippen molar-refractivity contribution in [3.05, 3.63) is 42.4 Å². The molecule has 3 aliphatic heterocycles. The number of aliphatic hydroxyl groups is 1. The minimum absolute atomic E-state index is 0.0761. The molecule has 1 N–H and O–H groups in total. The largest absolute Gasteiger partial charge is 0.444 e. The van der Waals surface area contributed by atoms with Gasteiger partial charge in [-0.3, -0.25) is 0 Å². The number of piperidine rings is 1. The van der Waals surface area contributed by atoms with Gasteiger partial charge in [-0.25, -0.2) is 9.78 Å². The molecule has 2 aromatic rings. The molecule has 1 saturated carbocycles. The number of imidazole rings is 1. The van der Waals surface area contributed by atoms with Crippen LogP contribution in [0.4, 0.5) is 4.79 Å². The van der Waals surface area contributed by atoms with E-state index in [1.165, 1.54) is 11.1 Å². The van der Waals surface area contributed by atoms with Gasteiger partial charge in [-0.05, 0) is 58.4 Å². The van der Waals surface area contributed by atoms with Crippen LogP contribution in [0.25, 0.3) is 11.3 Å². The summed E-state index contributed by atoms with van der Waals surface area (Å²) in [5.74, 6) is 0.184. The summed E-state index contributed by atoms with van der Waals surface area (Å²) >= 11 is 0. The van der Waals surface area contributed by atoms with E-state index in [1.807, 2.05) is 38.2 Å². The Hall–Kier alpha value is -2.34. The number of fused-ring (bicyclic) bond motifs is 5. The minimum Gasteiger partial charge on any atom is -0.444 e. The number of amides is 1. The predicted molar refractivity (Wildman–Crippen MR) is 116 cm³/mol. The number of aromatic nitrogens is 2. The molecule has 1 aromatic heterocycles. The summed E-state index contributed by atoms with van der Waals surface area (Å²) in [5.41, 5.74) is 3.12. The number of hydrogen-bond donors (Lipinski definition) is 1. The highest BCUT2D eigenvalue weighted by atomic mass is 16.6. The van der Waals surface area contributed by atoms with Crippen molar-refractivity contribution in [1.82, 2.24) is 14.5 Å². The molecule has 4 heterocycles. The monoisotopic (exact) mass is 421 g/mol. The van der Waals surface area contributed by atoms with Crippen LogP contribution in [0.1, 0.15) is 64.5 Å². The van der Waals surface area contributed by atoms with Gasteiger partial charge in [0.25, 0.3) is 0 Å². The Morgan fingerprint density at radius 3 is 2.55 bits per heavy atom. The molecule has 4 aliphatic rings. The lowest BCUT2D eigenvalue weighted by molar-refractivity contribution is -0.168. The highest BCUT2D eigenvalue weighted by Crippen LogP contribution is 2.63. The van der Waals surface area contributed by atoms with Gasteiger partial charge in [-0.2, -0.15) is 0 Å². The van der Waals surface area contributed by atoms with Crippen LogP contribution in [0.2, 0.25) is 0 Å². The summed E-state index contributed by atoms with van der Waals surface area (Å²) < 4.78 is 7.94. The van der Waals surface area contributed by atoms with Crippen LogP contribution < -0.4 is 0 Å². The molecule has 2 bridgehead atoms. The van der Waals surface area contributed by atoms with Gasteiger partial charge in [0.15, 0.2) is 0 Å². The van der Waals surface area contributed by atoms with Gasteiger partial charge in [0, 0.05) is 29.0 Å². The van der Waals surface area contributed by atoms with Crippen LogP contribution in [0.15, 0.2) is 36.8 Å². The number of carbonyl (C=O) groups is 1. The van der Waals surface area contributed by atoms with Crippen molar-refractivity contribution in [1.29, 1.82) is 0 Å². The molecule has 1 aromatic carbocycles. The first-order valence-electron chi connectivity index (χ1n) is 11.6. The van der Waals surface area contributed by atoms with Crippen molar-refractivity contribution in [2.75, 3.05) is 0 Å². The lowest BCUT2D eigenvalue weighted by Gasteiger charge is -2.59. The number of aliphatic hydroxyl groups excluding tert-OH is 1. The summed E-state index contributed by atoms with van der Waals surface area (Å²) in [6.07, 6.45) is 8.08. The first kappa shape index (κ1) is 19.4. The normalized spacial score (nSPS) is 35.6. The summed E-state index contributed by atoms with van der Waals surface area (Å²) in [6, 6.07) is 9.03. The lowest BCUT2D eigenvalue weighted by atomic mass is 9.51. The van der Waals surface area contributed by atoms with Crippen LogP contribution >= 0.6 is 0 Å². The molecule has 3 fully saturated rings. The first-order valence-corrected chi connectivity index (χ1v) is 11.6. The van der Waals surface area contributed by atoms with E-state index in [-0.39, 0.29) is 41.7 Å². The summed E-state index contributed by atoms with van der Waals surface area (Å²) in [4.78, 5) is 19.2. The summed E-state index contributed by atoms with van der Waals surface area (Å²) in [5, 5.41) is 11.5. The van der Waals surface area contributed by atoms with Gasteiger partial charge in [0.05, 0.1) is 30.4 Å². The second-order valence-electron chi connectivity index (χ2n) is 11.1. The smallest absolute Gasteiger partial charge is 0.410 e. The van der Waals surface area contributed by atoms with Gasteiger partial charge >= 0.3 is 6.09 Å². The molecule has 2 saturated heterocycles. The second kappa shape index (κ2) is 6.35. The number of benzene rings is 1. The Balaban J connectivity index is 1.23. The predicted octanol–water partition coefficient (Wildman–Crippen LogP) is 4.38. The van der Waals surface area contributed by atoms with Crippen molar-refractivity contribution >= 4 is 6.09 Å². The van der Waals surface area contributed by atoms with E-state index in [0.717, 1.165) is 37.8 Å². The van der Waals surface area contributed by atoms with Crippen LogP contribution in [0, 0.1) is 11.3 Å². The maximum absolute atomic E-state index is 12.8. The fourth-order valence-corrected chi connectivity index (χ4v) is 6.99. The van der Waals surface area contributed by atoms with Crippen LogP contribution in [-0.4, -0.2) is 49.4 Å². The molecular formula is C25H31N3O3. The number of rotatable bonds is 1. The molecule has 0 radical (unpaired) electrons. The molecular weight excluding hydrogens is 390 g/mol. The third kappa shape index (κ3) is 2.73. The van der Waals surface area contributed by atoms with E-state index in [9.17, 15) is 9.90 Å². The molecule has 6 atom stereocenters. The van der Waals surface area contributed by atoms with E-state index < -0.39 is 5.60 Å². The minimum atomic E-state index is -0.481. The standard InChI is InChI=1S/C25H31N3O3/c1-24(2,3)31-23(30)28-15-8-9-16(28)11-25(10-15)12-19(22(25)29)21-18-7-5-4-6-17(18)20-13-26-14-27(20)21/h4-7,13-16,19,21-22,29H,8-12H2,1-3H3/t15-,16+,19-,21+,22-,25?/m1/s1. The zero-order valence-corrected chi connectivity index (χ0v) is 18.5. The third-order valence-electron chi connectivity index (χ3n) is 8.11. The molecule has 31 heavy (non-hydrogen) atoms. The summed E-state index contributed by atoms with van der Waals surface area (Å²) in [7, 11) is 0. The lowest BCUT2D eigenvalue weighted by Crippen LogP contribution is -2.62. The van der Waals surface area contributed by atoms with Crippen LogP contribution in [0.3, 0.4) is 0 Å². The van der Waals surface area contributed by atoms with Crippen LogP contribution in [0.5, 0.6) is 0 Å². The van der Waals surface area contributed by atoms with Crippen molar-refractivity contribution in [2.24, 2.45) is 11.3 Å². The molecule has 1 aliphatic carbocycles. The average Bonchev–Trinajstić information content (AvgIpc) is 3.37. The number of hydrogen-bond acceptors (Lipinski definition) is 4. The Morgan fingerprint density at radius 2 is 1.87 bits per heavy atom. The van der Waals surface area contributed by atoms with Crippen LogP contribution in [-0.2, 0) is 4.74 Å². The molecule has 1 unspecified atom stereocenters. The van der Waals surface area contributed by atoms with Gasteiger partial charge in [0.1, 0.15) is 5.60 Å². The Morgan fingerprint density at radius 1 is 1.16 bits per heavy atom. The van der Waals surface area contributed by atoms with Crippen molar-refractivity contribution < 1.29 is 14.6 Å². The molecule has 1 spiro atoms. The number of nitrogens with zero attached hydrogens (tertiary/aromatic N) is 3. The Bertz CT molecular complexity index is 1020. The first-order chi connectivity index (χ1) is 14.8. The SMILES string of the molecule is CC(C)(C)OC(=O)N1[C@@H]2CC[C@H]1CC1(C[C@H]([C@@H]3c4ccccc4-c4cncn43)[C@H]1O)C2. The highest BCUT2D eigenvalue weighted by Gasteiger charge is 2.63. The zero-order chi connectivity index (χ0) is 21.5. The molecule has 6 heteroatoms. The van der Waals surface area contributed by atoms with Crippen molar-refractivity contribution in [2.45, 2.75) is 82.7 Å². The molecule has 6 rings (SSSR count). The van der Waals surface area contributed by atoms with Gasteiger partial charge in [-0.15, -0.1) is 0 Å². The van der Waals surface area contributed by atoms with Gasteiger partial charge in [-0.1, -0.05) is 24.3 Å². The second-order valence-corrected chi connectivity index (χ2v) is 11.1.